The van der Waals surface area contributed by atoms with Gasteiger partial charge in [-0.1, -0.05) is 35.4 Å². The van der Waals surface area contributed by atoms with Gasteiger partial charge in [-0.3, -0.25) is 9.36 Å². The van der Waals surface area contributed by atoms with Crippen molar-refractivity contribution in [1.82, 2.24) is 14.5 Å². The van der Waals surface area contributed by atoms with Crippen molar-refractivity contribution in [1.29, 1.82) is 0 Å². The molecular weight excluding hydrogens is 420 g/mol. The fraction of sp³-hybridized carbons (Fsp3) is 0.231. The van der Waals surface area contributed by atoms with E-state index in [1.807, 2.05) is 64.1 Å². The fourth-order valence-electron chi connectivity index (χ4n) is 4.22. The lowest BCUT2D eigenvalue weighted by molar-refractivity contribution is 0.0724. The molecule has 4 aromatic rings. The Balaban J connectivity index is 1.59. The predicted octanol–water partition coefficient (Wildman–Crippen LogP) is 6.36. The second kappa shape index (κ2) is 8.67. The van der Waals surface area contributed by atoms with E-state index in [1.54, 1.807) is 0 Å². The first kappa shape index (κ1) is 20.6. The summed E-state index contributed by atoms with van der Waals surface area (Å²) >= 11 is 6.29. The summed E-state index contributed by atoms with van der Waals surface area (Å²) in [6.07, 6.45) is 3.34. The number of anilines is 2. The zero-order valence-electron chi connectivity index (χ0n) is 18.0. The monoisotopic (exact) mass is 444 g/mol. The van der Waals surface area contributed by atoms with Crippen LogP contribution in [0.2, 0.25) is 5.02 Å². The van der Waals surface area contributed by atoms with Gasteiger partial charge < -0.3 is 10.2 Å². The molecule has 1 saturated heterocycles. The number of imidazole rings is 1. The molecule has 0 saturated carbocycles. The molecule has 0 radical (unpaired) electrons. The van der Waals surface area contributed by atoms with E-state index in [0.717, 1.165) is 48.3 Å². The summed E-state index contributed by atoms with van der Waals surface area (Å²) in [6, 6.07) is 21.6. The zero-order valence-corrected chi connectivity index (χ0v) is 18.8. The SMILES string of the molecule is Cc1ccc(Nc2nc3cc(C(=O)N4CCCCC4)ccc3n2-c2cccc(Cl)c2)cc1. The van der Waals surface area contributed by atoms with Crippen molar-refractivity contribution in [3.05, 3.63) is 82.9 Å². The molecule has 3 aromatic carbocycles. The van der Waals surface area contributed by atoms with E-state index in [4.69, 9.17) is 16.6 Å². The maximum Gasteiger partial charge on any atom is 0.253 e. The van der Waals surface area contributed by atoms with Gasteiger partial charge in [-0.25, -0.2) is 4.98 Å². The smallest absolute Gasteiger partial charge is 0.253 e. The Hall–Kier alpha value is -3.31. The number of aryl methyl sites for hydroxylation is 1. The summed E-state index contributed by atoms with van der Waals surface area (Å²) in [5, 5.41) is 4.09. The lowest BCUT2D eigenvalue weighted by Crippen LogP contribution is -2.35. The summed E-state index contributed by atoms with van der Waals surface area (Å²) in [5.41, 5.74) is 5.40. The number of halogens is 1. The molecule has 1 N–H and O–H groups in total. The Morgan fingerprint density at radius 3 is 2.50 bits per heavy atom. The van der Waals surface area contributed by atoms with Gasteiger partial charge in [0.1, 0.15) is 0 Å². The average Bonchev–Trinajstić information content (AvgIpc) is 3.17. The van der Waals surface area contributed by atoms with Gasteiger partial charge in [-0.2, -0.15) is 0 Å². The van der Waals surface area contributed by atoms with Gasteiger partial charge >= 0.3 is 0 Å². The van der Waals surface area contributed by atoms with Gasteiger partial charge in [0, 0.05) is 29.4 Å². The molecule has 1 aromatic heterocycles. The highest BCUT2D eigenvalue weighted by molar-refractivity contribution is 6.30. The number of benzene rings is 3. The van der Waals surface area contributed by atoms with Crippen LogP contribution in [0.1, 0.15) is 35.2 Å². The van der Waals surface area contributed by atoms with Crippen LogP contribution < -0.4 is 5.32 Å². The number of piperidine rings is 1. The summed E-state index contributed by atoms with van der Waals surface area (Å²) in [6.45, 7) is 3.72. The van der Waals surface area contributed by atoms with Crippen molar-refractivity contribution in [2.75, 3.05) is 18.4 Å². The number of aromatic nitrogens is 2. The quantitative estimate of drug-likeness (QED) is 0.398. The maximum absolute atomic E-state index is 13.0. The van der Waals surface area contributed by atoms with E-state index in [-0.39, 0.29) is 5.91 Å². The maximum atomic E-state index is 13.0. The molecule has 0 unspecified atom stereocenters. The van der Waals surface area contributed by atoms with Crippen molar-refractivity contribution in [2.24, 2.45) is 0 Å². The highest BCUT2D eigenvalue weighted by Gasteiger charge is 2.20. The highest BCUT2D eigenvalue weighted by Crippen LogP contribution is 2.29. The van der Waals surface area contributed by atoms with Crippen LogP contribution in [0.15, 0.2) is 66.7 Å². The first-order valence-corrected chi connectivity index (χ1v) is 11.4. The molecule has 0 bridgehead atoms. The minimum Gasteiger partial charge on any atom is -0.339 e. The summed E-state index contributed by atoms with van der Waals surface area (Å²) in [5.74, 6) is 0.755. The fourth-order valence-corrected chi connectivity index (χ4v) is 4.40. The van der Waals surface area contributed by atoms with E-state index >= 15 is 0 Å². The standard InChI is InChI=1S/C26H25ClN4O/c1-18-8-11-21(12-9-18)28-26-29-23-16-19(25(32)30-14-3-2-4-15-30)10-13-24(23)31(26)22-7-5-6-20(27)17-22/h5-13,16-17H,2-4,14-15H2,1H3,(H,28,29). The Labute approximate surface area is 192 Å². The number of carbonyl (C=O) groups excluding carboxylic acids is 1. The molecule has 1 aliphatic rings. The van der Waals surface area contributed by atoms with Crippen LogP contribution >= 0.6 is 11.6 Å². The van der Waals surface area contributed by atoms with E-state index in [1.165, 1.54) is 12.0 Å². The summed E-state index contributed by atoms with van der Waals surface area (Å²) in [7, 11) is 0. The van der Waals surface area contributed by atoms with Crippen LogP contribution in [0.3, 0.4) is 0 Å². The third-order valence-corrected chi connectivity index (χ3v) is 6.15. The van der Waals surface area contributed by atoms with Gasteiger partial charge in [0.2, 0.25) is 5.95 Å². The largest absolute Gasteiger partial charge is 0.339 e. The number of likely N-dealkylation sites (tertiary alicyclic amines) is 1. The number of fused-ring (bicyclic) bond motifs is 1. The lowest BCUT2D eigenvalue weighted by atomic mass is 10.1. The van der Waals surface area contributed by atoms with Crippen molar-refractivity contribution < 1.29 is 4.79 Å². The average molecular weight is 445 g/mol. The molecule has 5 nitrogen and oxygen atoms in total. The zero-order chi connectivity index (χ0) is 22.1. The van der Waals surface area contributed by atoms with E-state index in [2.05, 4.69) is 24.4 Å². The first-order valence-electron chi connectivity index (χ1n) is 11.0. The van der Waals surface area contributed by atoms with Gasteiger partial charge in [-0.15, -0.1) is 0 Å². The number of nitrogens with one attached hydrogen (secondary N) is 1. The van der Waals surface area contributed by atoms with Crippen LogP contribution in [0.5, 0.6) is 0 Å². The second-order valence-electron chi connectivity index (χ2n) is 8.30. The molecule has 1 aliphatic heterocycles. The van der Waals surface area contributed by atoms with Gasteiger partial charge in [-0.05, 0) is 74.7 Å². The van der Waals surface area contributed by atoms with Crippen LogP contribution in [0, 0.1) is 6.92 Å². The van der Waals surface area contributed by atoms with Gasteiger partial charge in [0.05, 0.1) is 16.7 Å². The van der Waals surface area contributed by atoms with Crippen molar-refractivity contribution in [3.63, 3.8) is 0 Å². The molecule has 2 heterocycles. The third kappa shape index (κ3) is 4.08. The van der Waals surface area contributed by atoms with Crippen molar-refractivity contribution in [2.45, 2.75) is 26.2 Å². The van der Waals surface area contributed by atoms with Crippen LogP contribution in [-0.4, -0.2) is 33.4 Å². The lowest BCUT2D eigenvalue weighted by Gasteiger charge is -2.26. The molecule has 5 rings (SSSR count). The predicted molar refractivity (Wildman–Crippen MR) is 130 cm³/mol. The molecule has 162 valence electrons. The normalized spacial score (nSPS) is 14.0. The number of amides is 1. The van der Waals surface area contributed by atoms with Crippen LogP contribution in [0.25, 0.3) is 16.7 Å². The molecule has 0 spiro atoms. The third-order valence-electron chi connectivity index (χ3n) is 5.92. The highest BCUT2D eigenvalue weighted by atomic mass is 35.5. The molecule has 6 heteroatoms. The van der Waals surface area contributed by atoms with Crippen molar-refractivity contribution >= 4 is 40.2 Å². The number of nitrogens with zero attached hydrogens (tertiary/aromatic N) is 3. The van der Waals surface area contributed by atoms with Crippen LogP contribution in [0.4, 0.5) is 11.6 Å². The minimum absolute atomic E-state index is 0.0805. The summed E-state index contributed by atoms with van der Waals surface area (Å²) < 4.78 is 2.04. The number of carbonyl (C=O) groups is 1. The van der Waals surface area contributed by atoms with Crippen molar-refractivity contribution in [3.8, 4) is 5.69 Å². The number of hydrogen-bond donors (Lipinski definition) is 1. The minimum atomic E-state index is 0.0805. The Morgan fingerprint density at radius 1 is 0.969 bits per heavy atom. The molecule has 32 heavy (non-hydrogen) atoms. The molecule has 0 atom stereocenters. The Kier molecular flexibility index (Phi) is 5.58. The van der Waals surface area contributed by atoms with Gasteiger partial charge in [0.15, 0.2) is 0 Å². The molecule has 0 aliphatic carbocycles. The number of hydrogen-bond acceptors (Lipinski definition) is 3. The van der Waals surface area contributed by atoms with Crippen LogP contribution in [-0.2, 0) is 0 Å². The van der Waals surface area contributed by atoms with E-state index in [0.29, 0.717) is 16.5 Å². The Bertz CT molecular complexity index is 1270. The first-order chi connectivity index (χ1) is 15.6. The topological polar surface area (TPSA) is 50.2 Å². The summed E-state index contributed by atoms with van der Waals surface area (Å²) in [4.78, 5) is 19.8. The van der Waals surface area contributed by atoms with E-state index in [9.17, 15) is 4.79 Å². The van der Waals surface area contributed by atoms with Gasteiger partial charge in [0.25, 0.3) is 5.91 Å². The van der Waals surface area contributed by atoms with E-state index < -0.39 is 0 Å². The molecule has 1 fully saturated rings. The second-order valence-corrected chi connectivity index (χ2v) is 8.73. The number of rotatable bonds is 4. The molecular formula is C26H25ClN4O. The Morgan fingerprint density at radius 2 is 1.75 bits per heavy atom. The molecule has 1 amide bonds.